The molecular weight excluding hydrogens is 167 g/mol. The Bertz CT molecular complexity index is 418. The van der Waals surface area contributed by atoms with Crippen LogP contribution in [-0.2, 0) is 0 Å². The lowest BCUT2D eigenvalue weighted by Gasteiger charge is -1.95. The molecule has 2 aromatic rings. The van der Waals surface area contributed by atoms with Gasteiger partial charge in [-0.25, -0.2) is 4.39 Å². The fourth-order valence-corrected chi connectivity index (χ4v) is 1.17. The molecule has 2 heteroatoms. The van der Waals surface area contributed by atoms with E-state index in [-0.39, 0.29) is 5.82 Å². The maximum Gasteiger partial charge on any atom is 0.134 e. The molecule has 13 heavy (non-hydrogen) atoms. The van der Waals surface area contributed by atoms with Gasteiger partial charge in [0.2, 0.25) is 0 Å². The van der Waals surface area contributed by atoms with Crippen molar-refractivity contribution in [1.29, 1.82) is 0 Å². The van der Waals surface area contributed by atoms with Crippen molar-refractivity contribution in [1.82, 2.24) is 0 Å². The molecule has 0 aliphatic carbocycles. The highest BCUT2D eigenvalue weighted by atomic mass is 19.1. The number of halogens is 1. The molecule has 0 amide bonds. The molecule has 0 N–H and O–H groups in total. The van der Waals surface area contributed by atoms with E-state index in [1.54, 1.807) is 24.3 Å². The molecule has 0 unspecified atom stereocenters. The second-order valence-electron chi connectivity index (χ2n) is 2.78. The number of furan rings is 1. The first-order valence-electron chi connectivity index (χ1n) is 3.93. The summed E-state index contributed by atoms with van der Waals surface area (Å²) in [5, 5.41) is 0. The Morgan fingerprint density at radius 1 is 1.15 bits per heavy atom. The number of hydrogen-bond donors (Lipinski definition) is 0. The molecule has 0 saturated carbocycles. The first kappa shape index (κ1) is 8.05. The van der Waals surface area contributed by atoms with Crippen LogP contribution in [0.2, 0.25) is 0 Å². The topological polar surface area (TPSA) is 13.1 Å². The number of rotatable bonds is 1. The van der Waals surface area contributed by atoms with Crippen LogP contribution in [0.4, 0.5) is 4.39 Å². The summed E-state index contributed by atoms with van der Waals surface area (Å²) in [6.07, 6.45) is 0. The average molecular weight is 175 g/mol. The van der Waals surface area contributed by atoms with Gasteiger partial charge >= 0.3 is 0 Å². The fourth-order valence-electron chi connectivity index (χ4n) is 1.17. The normalized spacial score (nSPS) is 10.3. The zero-order chi connectivity index (χ0) is 9.26. The van der Waals surface area contributed by atoms with Crippen LogP contribution < -0.4 is 0 Å². The van der Waals surface area contributed by atoms with E-state index < -0.39 is 0 Å². The Kier molecular flexibility index (Phi) is 1.89. The molecule has 0 bridgehead atoms. The SMILES string of the molecule is [CH2]c1ccc(-c2cccc(F)c2)o1. The molecule has 0 saturated heterocycles. The third kappa shape index (κ3) is 1.61. The minimum atomic E-state index is -0.264. The fraction of sp³-hybridized carbons (Fsp3) is 0. The van der Waals surface area contributed by atoms with Crippen molar-refractivity contribution in [2.45, 2.75) is 0 Å². The largest absolute Gasteiger partial charge is 0.461 e. The van der Waals surface area contributed by atoms with E-state index in [0.29, 0.717) is 11.5 Å². The molecule has 2 rings (SSSR count). The van der Waals surface area contributed by atoms with E-state index in [1.165, 1.54) is 12.1 Å². The Balaban J connectivity index is 2.46. The minimum absolute atomic E-state index is 0.264. The van der Waals surface area contributed by atoms with Crippen molar-refractivity contribution in [3.05, 3.63) is 54.9 Å². The van der Waals surface area contributed by atoms with Crippen molar-refractivity contribution in [2.75, 3.05) is 0 Å². The standard InChI is InChI=1S/C11H8FO/c1-8-5-6-11(13-8)9-3-2-4-10(12)7-9/h2-7H,1H2. The van der Waals surface area contributed by atoms with Crippen LogP contribution in [-0.4, -0.2) is 0 Å². The molecule has 0 atom stereocenters. The molecule has 65 valence electrons. The lowest BCUT2D eigenvalue weighted by molar-refractivity contribution is 0.562. The smallest absolute Gasteiger partial charge is 0.134 e. The second kappa shape index (κ2) is 3.05. The van der Waals surface area contributed by atoms with E-state index in [9.17, 15) is 4.39 Å². The predicted octanol–water partition coefficient (Wildman–Crippen LogP) is 3.27. The van der Waals surface area contributed by atoms with E-state index in [2.05, 4.69) is 6.92 Å². The number of hydrogen-bond acceptors (Lipinski definition) is 1. The highest BCUT2D eigenvalue weighted by Gasteiger charge is 2.02. The van der Waals surface area contributed by atoms with Gasteiger partial charge in [-0.15, -0.1) is 0 Å². The van der Waals surface area contributed by atoms with Crippen molar-refractivity contribution in [3.63, 3.8) is 0 Å². The van der Waals surface area contributed by atoms with Crippen LogP contribution in [0, 0.1) is 12.7 Å². The lowest BCUT2D eigenvalue weighted by atomic mass is 10.2. The van der Waals surface area contributed by atoms with Gasteiger partial charge < -0.3 is 4.42 Å². The minimum Gasteiger partial charge on any atom is -0.461 e. The molecule has 0 aliphatic heterocycles. The molecule has 0 fully saturated rings. The summed E-state index contributed by atoms with van der Waals surface area (Å²) in [5.41, 5.74) is 0.731. The van der Waals surface area contributed by atoms with Gasteiger partial charge in [-0.1, -0.05) is 12.1 Å². The van der Waals surface area contributed by atoms with Crippen molar-refractivity contribution >= 4 is 0 Å². The summed E-state index contributed by atoms with van der Waals surface area (Å²) in [4.78, 5) is 0. The Hall–Kier alpha value is -1.57. The first-order chi connectivity index (χ1) is 6.25. The van der Waals surface area contributed by atoms with Crippen LogP contribution in [0.25, 0.3) is 11.3 Å². The summed E-state index contributed by atoms with van der Waals surface area (Å²) in [7, 11) is 0. The summed E-state index contributed by atoms with van der Waals surface area (Å²) in [6, 6.07) is 9.80. The third-order valence-corrected chi connectivity index (χ3v) is 1.77. The molecule has 1 aromatic carbocycles. The molecular formula is C11H8FO. The highest BCUT2D eigenvalue weighted by molar-refractivity contribution is 5.57. The van der Waals surface area contributed by atoms with Crippen LogP contribution in [0.1, 0.15) is 5.76 Å². The zero-order valence-electron chi connectivity index (χ0n) is 6.96. The van der Waals surface area contributed by atoms with E-state index in [4.69, 9.17) is 4.42 Å². The van der Waals surface area contributed by atoms with Gasteiger partial charge in [0.15, 0.2) is 0 Å². The van der Waals surface area contributed by atoms with Crippen LogP contribution in [0.5, 0.6) is 0 Å². The summed E-state index contributed by atoms with van der Waals surface area (Å²) >= 11 is 0. The van der Waals surface area contributed by atoms with Crippen molar-refractivity contribution < 1.29 is 8.81 Å². The van der Waals surface area contributed by atoms with Crippen LogP contribution in [0.15, 0.2) is 40.8 Å². The van der Waals surface area contributed by atoms with Gasteiger partial charge in [-0.3, -0.25) is 0 Å². The van der Waals surface area contributed by atoms with E-state index in [0.717, 1.165) is 5.56 Å². The first-order valence-corrected chi connectivity index (χ1v) is 3.93. The van der Waals surface area contributed by atoms with E-state index >= 15 is 0 Å². The molecule has 1 radical (unpaired) electrons. The van der Waals surface area contributed by atoms with Gasteiger partial charge in [-0.05, 0) is 24.3 Å². The maximum atomic E-state index is 12.8. The van der Waals surface area contributed by atoms with Gasteiger partial charge in [0, 0.05) is 12.5 Å². The van der Waals surface area contributed by atoms with E-state index in [1.807, 2.05) is 0 Å². The lowest BCUT2D eigenvalue weighted by Crippen LogP contribution is -1.75. The van der Waals surface area contributed by atoms with Crippen LogP contribution >= 0.6 is 0 Å². The molecule has 1 nitrogen and oxygen atoms in total. The van der Waals surface area contributed by atoms with Gasteiger partial charge in [0.1, 0.15) is 17.3 Å². The van der Waals surface area contributed by atoms with Gasteiger partial charge in [0.05, 0.1) is 0 Å². The molecule has 1 aromatic heterocycles. The monoisotopic (exact) mass is 175 g/mol. The zero-order valence-corrected chi connectivity index (χ0v) is 6.96. The Labute approximate surface area is 75.8 Å². The Morgan fingerprint density at radius 2 is 2.00 bits per heavy atom. The van der Waals surface area contributed by atoms with Gasteiger partial charge in [0.25, 0.3) is 0 Å². The predicted molar refractivity (Wildman–Crippen MR) is 48.6 cm³/mol. The van der Waals surface area contributed by atoms with Crippen molar-refractivity contribution in [3.8, 4) is 11.3 Å². The third-order valence-electron chi connectivity index (χ3n) is 1.77. The van der Waals surface area contributed by atoms with Crippen molar-refractivity contribution in [2.24, 2.45) is 0 Å². The molecule has 0 spiro atoms. The molecule has 0 aliphatic rings. The summed E-state index contributed by atoms with van der Waals surface area (Å²) in [5.74, 6) is 0.961. The highest BCUT2D eigenvalue weighted by Crippen LogP contribution is 2.21. The summed E-state index contributed by atoms with van der Waals surface area (Å²) < 4.78 is 18.0. The van der Waals surface area contributed by atoms with Crippen LogP contribution in [0.3, 0.4) is 0 Å². The second-order valence-corrected chi connectivity index (χ2v) is 2.78. The number of benzene rings is 1. The summed E-state index contributed by atoms with van der Waals surface area (Å²) in [6.45, 7) is 3.63. The quantitative estimate of drug-likeness (QED) is 0.648. The maximum absolute atomic E-state index is 12.8. The average Bonchev–Trinajstić information content (AvgIpc) is 2.52. The Morgan fingerprint density at radius 3 is 2.62 bits per heavy atom. The van der Waals surface area contributed by atoms with Gasteiger partial charge in [-0.2, -0.15) is 0 Å². The molecule has 1 heterocycles.